The van der Waals surface area contributed by atoms with Gasteiger partial charge in [0.25, 0.3) is 0 Å². The minimum atomic E-state index is 0.171. The molecule has 0 bridgehead atoms. The maximum Gasteiger partial charge on any atom is 0.0626 e. The summed E-state index contributed by atoms with van der Waals surface area (Å²) in [5, 5.41) is 2.66. The highest BCUT2D eigenvalue weighted by atomic mass is 15.2. The number of rotatable bonds is 3. The van der Waals surface area contributed by atoms with Gasteiger partial charge in [-0.2, -0.15) is 0 Å². The van der Waals surface area contributed by atoms with Crippen LogP contribution in [-0.4, -0.2) is 16.7 Å². The quantitative estimate of drug-likeness (QED) is 0.197. The van der Waals surface area contributed by atoms with Crippen LogP contribution in [0.3, 0.4) is 0 Å². The second-order valence-electron chi connectivity index (χ2n) is 13.1. The molecule has 0 fully saturated rings. The molecule has 45 heavy (non-hydrogen) atoms. The van der Waals surface area contributed by atoms with Crippen LogP contribution in [0.2, 0.25) is 0 Å². The van der Waals surface area contributed by atoms with Crippen molar-refractivity contribution in [3.8, 4) is 0 Å². The number of hydrogen-bond donors (Lipinski definition) is 0. The average Bonchev–Trinajstić information content (AvgIpc) is 3.74. The summed E-state index contributed by atoms with van der Waals surface area (Å²) in [6.45, 7) is 0. The number of fused-ring (bicyclic) bond motifs is 9. The van der Waals surface area contributed by atoms with E-state index in [2.05, 4.69) is 160 Å². The Kier molecular flexibility index (Phi) is 5.48. The van der Waals surface area contributed by atoms with Crippen LogP contribution in [0.15, 0.2) is 157 Å². The lowest BCUT2D eigenvalue weighted by atomic mass is 9.87. The molecule has 0 saturated heterocycles. The highest BCUT2D eigenvalue weighted by molar-refractivity contribution is 6.08. The van der Waals surface area contributed by atoms with Gasteiger partial charge in [-0.1, -0.05) is 109 Å². The summed E-state index contributed by atoms with van der Waals surface area (Å²) in [5.74, 6) is 0.804. The molecule has 3 heterocycles. The van der Waals surface area contributed by atoms with Crippen LogP contribution in [0, 0.1) is 0 Å². The van der Waals surface area contributed by atoms with E-state index < -0.39 is 0 Å². The average molecular weight is 582 g/mol. The third kappa shape index (κ3) is 3.64. The summed E-state index contributed by atoms with van der Waals surface area (Å²) in [7, 11) is 0. The van der Waals surface area contributed by atoms with Crippen molar-refractivity contribution in [3.63, 3.8) is 0 Å². The van der Waals surface area contributed by atoms with Gasteiger partial charge in [0.15, 0.2) is 0 Å². The maximum absolute atomic E-state index is 2.69. The van der Waals surface area contributed by atoms with Crippen molar-refractivity contribution in [2.24, 2.45) is 0 Å². The van der Waals surface area contributed by atoms with Gasteiger partial charge in [0.1, 0.15) is 0 Å². The van der Waals surface area contributed by atoms with Crippen LogP contribution in [0.4, 0.5) is 11.4 Å². The molecule has 10 rings (SSSR count). The molecule has 0 N–H and O–H groups in total. The Morgan fingerprint density at radius 2 is 1.24 bits per heavy atom. The minimum Gasteiger partial charge on any atom is -0.337 e. The number of para-hydroxylation sites is 4. The summed E-state index contributed by atoms with van der Waals surface area (Å²) in [4.78, 5) is 5.35. The number of nitrogens with zero attached hydrogens (tertiary/aromatic N) is 3. The predicted octanol–water partition coefficient (Wildman–Crippen LogP) is 9.93. The summed E-state index contributed by atoms with van der Waals surface area (Å²) >= 11 is 0. The van der Waals surface area contributed by atoms with Crippen LogP contribution < -0.4 is 9.80 Å². The Bertz CT molecular complexity index is 2100. The highest BCUT2D eigenvalue weighted by Crippen LogP contribution is 2.51. The molecule has 0 radical (unpaired) electrons. The van der Waals surface area contributed by atoms with Crippen molar-refractivity contribution in [2.45, 2.75) is 49.2 Å². The Balaban J connectivity index is 1.20. The van der Waals surface area contributed by atoms with E-state index in [1.165, 1.54) is 62.1 Å². The molecular formula is C42H35N3. The SMILES string of the molecule is C1=CC2c3ccccc3N(C3=CC(N4c5ccccc5C5C=CCCC54)=CC(n4c5ccccc5c5ccccc54)C3)C2C=C1. The first-order valence-corrected chi connectivity index (χ1v) is 16.5. The molecule has 0 amide bonds. The summed E-state index contributed by atoms with van der Waals surface area (Å²) in [5.41, 5.74) is 10.9. The first kappa shape index (κ1) is 25.3. The van der Waals surface area contributed by atoms with Gasteiger partial charge in [-0.15, -0.1) is 0 Å². The Morgan fingerprint density at radius 1 is 0.600 bits per heavy atom. The number of hydrogen-bond acceptors (Lipinski definition) is 2. The van der Waals surface area contributed by atoms with Gasteiger partial charge in [0.05, 0.1) is 12.1 Å². The van der Waals surface area contributed by atoms with E-state index in [9.17, 15) is 0 Å². The van der Waals surface area contributed by atoms with Gasteiger partial charge in [-0.3, -0.25) is 0 Å². The van der Waals surface area contributed by atoms with E-state index in [1.54, 1.807) is 0 Å². The summed E-state index contributed by atoms with van der Waals surface area (Å²) < 4.78 is 2.62. The Labute approximate surface area is 264 Å². The van der Waals surface area contributed by atoms with Gasteiger partial charge in [-0.25, -0.2) is 0 Å². The maximum atomic E-state index is 2.69. The van der Waals surface area contributed by atoms with Gasteiger partial charge in [0, 0.05) is 68.9 Å². The molecule has 0 saturated carbocycles. The smallest absolute Gasteiger partial charge is 0.0626 e. The summed E-state index contributed by atoms with van der Waals surface area (Å²) in [6.07, 6.45) is 22.5. The summed E-state index contributed by atoms with van der Waals surface area (Å²) in [6, 6.07) is 37.0. The van der Waals surface area contributed by atoms with Gasteiger partial charge in [-0.05, 0) is 60.4 Å². The number of aromatic nitrogens is 1. The molecule has 3 nitrogen and oxygen atoms in total. The molecule has 218 valence electrons. The minimum absolute atomic E-state index is 0.171. The molecule has 2 aliphatic heterocycles. The second kappa shape index (κ2) is 9.74. The topological polar surface area (TPSA) is 11.4 Å². The zero-order valence-electron chi connectivity index (χ0n) is 25.2. The predicted molar refractivity (Wildman–Crippen MR) is 187 cm³/mol. The van der Waals surface area contributed by atoms with Gasteiger partial charge in [0.2, 0.25) is 0 Å². The molecule has 0 spiro atoms. The Morgan fingerprint density at radius 3 is 2.02 bits per heavy atom. The van der Waals surface area contributed by atoms with Crippen molar-refractivity contribution < 1.29 is 0 Å². The fraction of sp³-hybridized carbons (Fsp3) is 0.190. The molecule has 4 aromatic carbocycles. The zero-order valence-corrected chi connectivity index (χ0v) is 25.2. The van der Waals surface area contributed by atoms with E-state index in [1.807, 2.05) is 0 Å². The third-order valence-corrected chi connectivity index (χ3v) is 10.9. The van der Waals surface area contributed by atoms with Crippen LogP contribution in [0.1, 0.15) is 48.3 Å². The van der Waals surface area contributed by atoms with Crippen molar-refractivity contribution >= 4 is 33.2 Å². The molecule has 5 unspecified atom stereocenters. The van der Waals surface area contributed by atoms with E-state index in [0.29, 0.717) is 17.9 Å². The van der Waals surface area contributed by atoms with Crippen LogP contribution in [0.25, 0.3) is 21.8 Å². The fourth-order valence-electron chi connectivity index (χ4n) is 9.08. The Hall–Kier alpha value is -5.02. The molecule has 1 aromatic heterocycles. The first-order valence-electron chi connectivity index (χ1n) is 16.5. The lowest BCUT2D eigenvalue weighted by Crippen LogP contribution is -2.38. The van der Waals surface area contributed by atoms with Crippen LogP contribution >= 0.6 is 0 Å². The van der Waals surface area contributed by atoms with Crippen molar-refractivity contribution in [2.75, 3.05) is 9.80 Å². The van der Waals surface area contributed by atoms with Gasteiger partial charge >= 0.3 is 0 Å². The van der Waals surface area contributed by atoms with E-state index in [-0.39, 0.29) is 12.1 Å². The van der Waals surface area contributed by atoms with Crippen molar-refractivity contribution in [1.82, 2.24) is 4.57 Å². The number of anilines is 2. The monoisotopic (exact) mass is 581 g/mol. The standard InChI is InChI=1S/C42H35N3/c1-7-19-37-31(13-1)32-14-2-8-20-38(32)43(37)28-25-29(44-39-21-9-3-15-33(39)34-16-4-10-22-40(34)44)27-30(26-28)45-41-23-11-5-17-35(41)36-18-6-12-24-42(36)45/h1-11,13-23,26-28,33,36,39,42H,12,24-25H2. The largest absolute Gasteiger partial charge is 0.337 e. The van der Waals surface area contributed by atoms with Crippen molar-refractivity contribution in [3.05, 3.63) is 168 Å². The first-order chi connectivity index (χ1) is 22.3. The molecule has 5 aromatic rings. The van der Waals surface area contributed by atoms with Crippen molar-refractivity contribution in [1.29, 1.82) is 0 Å². The van der Waals surface area contributed by atoms with E-state index >= 15 is 0 Å². The number of benzene rings is 4. The third-order valence-electron chi connectivity index (χ3n) is 10.9. The molecular weight excluding hydrogens is 546 g/mol. The molecule has 3 heteroatoms. The normalized spacial score (nSPS) is 26.1. The zero-order chi connectivity index (χ0) is 29.5. The van der Waals surface area contributed by atoms with Gasteiger partial charge < -0.3 is 14.4 Å². The van der Waals surface area contributed by atoms with Crippen LogP contribution in [-0.2, 0) is 0 Å². The molecule has 5 atom stereocenters. The van der Waals surface area contributed by atoms with E-state index in [0.717, 1.165) is 12.8 Å². The second-order valence-corrected chi connectivity index (χ2v) is 13.1. The number of allylic oxidation sites excluding steroid dienone is 6. The lowest BCUT2D eigenvalue weighted by molar-refractivity contribution is 0.544. The van der Waals surface area contributed by atoms with Crippen LogP contribution in [0.5, 0.6) is 0 Å². The lowest BCUT2D eigenvalue weighted by Gasteiger charge is -2.39. The molecule has 5 aliphatic rings. The molecule has 3 aliphatic carbocycles. The van der Waals surface area contributed by atoms with E-state index in [4.69, 9.17) is 0 Å². The highest BCUT2D eigenvalue weighted by Gasteiger charge is 2.42. The fourth-order valence-corrected chi connectivity index (χ4v) is 9.08.